The number of amides is 1. The number of alkyl halides is 1. The minimum Gasteiger partial charge on any atom is -0.369 e. The molecule has 0 aliphatic carbocycles. The molecule has 2 N–H and O–H groups in total. The summed E-state index contributed by atoms with van der Waals surface area (Å²) < 4.78 is 1.06. The first-order chi connectivity index (χ1) is 6.91. The molecule has 1 atom stereocenters. The maximum atomic E-state index is 11.0. The quantitative estimate of drug-likeness (QED) is 0.848. The number of carbonyl (C=O) groups is 1. The Hall–Kier alpha value is -0.350. The summed E-state index contributed by atoms with van der Waals surface area (Å²) in [7, 11) is 0. The SMILES string of the molecule is Cc1cc(Br)cc(C)c1CC(Br)C(N)=O. The molecular weight excluding hydrogens is 322 g/mol. The first-order valence-electron chi connectivity index (χ1n) is 4.61. The molecule has 0 aromatic heterocycles. The van der Waals surface area contributed by atoms with E-state index in [1.54, 1.807) is 0 Å². The maximum Gasteiger partial charge on any atom is 0.231 e. The van der Waals surface area contributed by atoms with Gasteiger partial charge in [0.25, 0.3) is 0 Å². The normalized spacial score (nSPS) is 12.5. The fourth-order valence-electron chi connectivity index (χ4n) is 1.54. The molecule has 1 unspecified atom stereocenters. The number of aryl methyl sites for hydroxylation is 2. The third-order valence-corrected chi connectivity index (χ3v) is 3.59. The molecule has 1 aromatic carbocycles. The van der Waals surface area contributed by atoms with E-state index in [9.17, 15) is 4.79 Å². The number of carbonyl (C=O) groups excluding carboxylic acids is 1. The van der Waals surface area contributed by atoms with Crippen LogP contribution in [0, 0.1) is 13.8 Å². The van der Waals surface area contributed by atoms with Crippen LogP contribution >= 0.6 is 31.9 Å². The van der Waals surface area contributed by atoms with Crippen LogP contribution in [0.25, 0.3) is 0 Å². The second-order valence-corrected chi connectivity index (χ2v) is 5.61. The largest absolute Gasteiger partial charge is 0.369 e. The summed E-state index contributed by atoms with van der Waals surface area (Å²) in [5.41, 5.74) is 8.75. The van der Waals surface area contributed by atoms with Gasteiger partial charge < -0.3 is 5.73 Å². The van der Waals surface area contributed by atoms with Crippen LogP contribution in [-0.4, -0.2) is 10.7 Å². The maximum absolute atomic E-state index is 11.0. The van der Waals surface area contributed by atoms with Crippen molar-refractivity contribution in [3.63, 3.8) is 0 Å². The van der Waals surface area contributed by atoms with Gasteiger partial charge in [-0.1, -0.05) is 31.9 Å². The monoisotopic (exact) mass is 333 g/mol. The van der Waals surface area contributed by atoms with Gasteiger partial charge in [-0.25, -0.2) is 0 Å². The number of halogens is 2. The Morgan fingerprint density at radius 1 is 1.40 bits per heavy atom. The number of nitrogens with two attached hydrogens (primary N) is 1. The van der Waals surface area contributed by atoms with Gasteiger partial charge in [0.2, 0.25) is 5.91 Å². The summed E-state index contributed by atoms with van der Waals surface area (Å²) in [6.07, 6.45) is 0.639. The highest BCUT2D eigenvalue weighted by Crippen LogP contribution is 2.23. The average molecular weight is 335 g/mol. The summed E-state index contributed by atoms with van der Waals surface area (Å²) in [5.74, 6) is -0.322. The Morgan fingerprint density at radius 2 is 1.87 bits per heavy atom. The van der Waals surface area contributed by atoms with E-state index < -0.39 is 0 Å². The summed E-state index contributed by atoms with van der Waals surface area (Å²) in [6, 6.07) is 4.09. The van der Waals surface area contributed by atoms with Crippen molar-refractivity contribution in [3.05, 3.63) is 33.3 Å². The molecule has 0 aliphatic heterocycles. The summed E-state index contributed by atoms with van der Waals surface area (Å²) in [5, 5.41) is 0. The molecular formula is C11H13Br2NO. The number of rotatable bonds is 3. The van der Waals surface area contributed by atoms with Crippen LogP contribution in [-0.2, 0) is 11.2 Å². The highest BCUT2D eigenvalue weighted by molar-refractivity contribution is 9.10. The van der Waals surface area contributed by atoms with E-state index in [2.05, 4.69) is 31.9 Å². The van der Waals surface area contributed by atoms with Crippen molar-refractivity contribution in [3.8, 4) is 0 Å². The zero-order chi connectivity index (χ0) is 11.6. The van der Waals surface area contributed by atoms with Gasteiger partial charge in [0.15, 0.2) is 0 Å². The molecule has 0 bridgehead atoms. The van der Waals surface area contributed by atoms with E-state index >= 15 is 0 Å². The average Bonchev–Trinajstić information content (AvgIpc) is 2.10. The number of hydrogen-bond donors (Lipinski definition) is 1. The van der Waals surface area contributed by atoms with Gasteiger partial charge in [0, 0.05) is 4.47 Å². The molecule has 15 heavy (non-hydrogen) atoms. The molecule has 0 saturated heterocycles. The van der Waals surface area contributed by atoms with Crippen molar-refractivity contribution in [2.45, 2.75) is 25.1 Å². The fraction of sp³-hybridized carbons (Fsp3) is 0.364. The zero-order valence-electron chi connectivity index (χ0n) is 8.68. The molecule has 0 radical (unpaired) electrons. The van der Waals surface area contributed by atoms with Crippen molar-refractivity contribution >= 4 is 37.8 Å². The van der Waals surface area contributed by atoms with E-state index in [-0.39, 0.29) is 10.7 Å². The predicted molar refractivity (Wildman–Crippen MR) is 69.2 cm³/mol. The second-order valence-electron chi connectivity index (χ2n) is 3.59. The molecule has 0 saturated carbocycles. The highest BCUT2D eigenvalue weighted by Gasteiger charge is 2.14. The Bertz CT molecular complexity index is 367. The lowest BCUT2D eigenvalue weighted by molar-refractivity contribution is -0.117. The Labute approximate surface area is 106 Å². The minimum absolute atomic E-state index is 0.295. The highest BCUT2D eigenvalue weighted by atomic mass is 79.9. The van der Waals surface area contributed by atoms with Gasteiger partial charge in [-0.15, -0.1) is 0 Å². The van der Waals surface area contributed by atoms with Gasteiger partial charge in [0.1, 0.15) is 0 Å². The van der Waals surface area contributed by atoms with E-state index in [0.717, 1.165) is 4.47 Å². The van der Waals surface area contributed by atoms with Crippen LogP contribution in [0.5, 0.6) is 0 Å². The third-order valence-electron chi connectivity index (χ3n) is 2.35. The van der Waals surface area contributed by atoms with E-state index in [1.165, 1.54) is 16.7 Å². The zero-order valence-corrected chi connectivity index (χ0v) is 11.9. The Morgan fingerprint density at radius 3 is 2.27 bits per heavy atom. The summed E-state index contributed by atoms with van der Waals surface area (Å²) in [6.45, 7) is 4.07. The van der Waals surface area contributed by atoms with Crippen molar-refractivity contribution in [1.82, 2.24) is 0 Å². The van der Waals surface area contributed by atoms with Gasteiger partial charge >= 0.3 is 0 Å². The smallest absolute Gasteiger partial charge is 0.231 e. The van der Waals surface area contributed by atoms with Gasteiger partial charge in [-0.2, -0.15) is 0 Å². The van der Waals surface area contributed by atoms with Crippen LogP contribution in [0.4, 0.5) is 0 Å². The first-order valence-corrected chi connectivity index (χ1v) is 6.31. The lowest BCUT2D eigenvalue weighted by Gasteiger charge is -2.12. The topological polar surface area (TPSA) is 43.1 Å². The second kappa shape index (κ2) is 5.12. The summed E-state index contributed by atoms with van der Waals surface area (Å²) >= 11 is 6.72. The minimum atomic E-state index is -0.322. The predicted octanol–water partition coefficient (Wildman–Crippen LogP) is 2.86. The Kier molecular flexibility index (Phi) is 4.34. The molecule has 0 heterocycles. The lowest BCUT2D eigenvalue weighted by Crippen LogP contribution is -2.25. The molecule has 4 heteroatoms. The number of primary amides is 1. The van der Waals surface area contributed by atoms with Crippen LogP contribution < -0.4 is 5.73 Å². The summed E-state index contributed by atoms with van der Waals surface area (Å²) in [4.78, 5) is 10.7. The van der Waals surface area contributed by atoms with E-state index in [1.807, 2.05) is 26.0 Å². The van der Waals surface area contributed by atoms with Gasteiger partial charge in [0.05, 0.1) is 4.83 Å². The number of hydrogen-bond acceptors (Lipinski definition) is 1. The fourth-order valence-corrected chi connectivity index (χ4v) is 2.55. The standard InChI is InChI=1S/C11H13Br2NO/c1-6-3-8(12)4-7(2)9(6)5-10(13)11(14)15/h3-4,10H,5H2,1-2H3,(H2,14,15). The first kappa shape index (κ1) is 12.7. The van der Waals surface area contributed by atoms with Gasteiger partial charge in [-0.05, 0) is 49.1 Å². The molecule has 1 rings (SSSR count). The van der Waals surface area contributed by atoms with E-state index in [4.69, 9.17) is 5.73 Å². The van der Waals surface area contributed by atoms with Crippen molar-refractivity contribution in [2.24, 2.45) is 5.73 Å². The van der Waals surface area contributed by atoms with E-state index in [0.29, 0.717) is 6.42 Å². The molecule has 0 spiro atoms. The van der Waals surface area contributed by atoms with Crippen LogP contribution in [0.1, 0.15) is 16.7 Å². The molecule has 1 amide bonds. The van der Waals surface area contributed by atoms with Crippen LogP contribution in [0.2, 0.25) is 0 Å². The molecule has 0 aliphatic rings. The van der Waals surface area contributed by atoms with Crippen molar-refractivity contribution < 1.29 is 4.79 Å². The van der Waals surface area contributed by atoms with Crippen LogP contribution in [0.15, 0.2) is 16.6 Å². The number of benzene rings is 1. The Balaban J connectivity index is 3.00. The molecule has 0 fully saturated rings. The van der Waals surface area contributed by atoms with Crippen molar-refractivity contribution in [1.29, 1.82) is 0 Å². The van der Waals surface area contributed by atoms with Gasteiger partial charge in [-0.3, -0.25) is 4.79 Å². The third kappa shape index (κ3) is 3.31. The van der Waals surface area contributed by atoms with Crippen LogP contribution in [0.3, 0.4) is 0 Å². The molecule has 82 valence electrons. The molecule has 2 nitrogen and oxygen atoms in total. The lowest BCUT2D eigenvalue weighted by atomic mass is 9.98. The van der Waals surface area contributed by atoms with Crippen molar-refractivity contribution in [2.75, 3.05) is 0 Å². The molecule has 1 aromatic rings.